The number of hydrogen-bond acceptors (Lipinski definition) is 4. The highest BCUT2D eigenvalue weighted by atomic mass is 35.5. The average molecular weight is 353 g/mol. The van der Waals surface area contributed by atoms with Crippen LogP contribution in [-0.2, 0) is 9.53 Å². The molecule has 1 aromatic rings. The first-order valence-electron chi connectivity index (χ1n) is 7.76. The second-order valence-corrected chi connectivity index (χ2v) is 6.35. The molecule has 5 nitrogen and oxygen atoms in total. The quantitative estimate of drug-likeness (QED) is 0.842. The van der Waals surface area contributed by atoms with Gasteiger partial charge in [-0.2, -0.15) is 5.26 Å². The number of carbonyl (C=O) groups excluding carboxylic acids is 2. The van der Waals surface area contributed by atoms with Gasteiger partial charge >= 0.3 is 5.97 Å². The minimum Gasteiger partial charge on any atom is -0.449 e. The van der Waals surface area contributed by atoms with Crippen LogP contribution in [0.5, 0.6) is 0 Å². The first-order valence-corrected chi connectivity index (χ1v) is 8.14. The maximum atomic E-state index is 13.7. The number of ether oxygens (including phenoxy) is 1. The number of amides is 1. The Morgan fingerprint density at radius 2 is 2.04 bits per heavy atom. The molecule has 0 radical (unpaired) electrons. The molecule has 0 bridgehead atoms. The first-order chi connectivity index (χ1) is 11.4. The van der Waals surface area contributed by atoms with Gasteiger partial charge in [-0.05, 0) is 38.0 Å². The molecule has 7 heteroatoms. The molecular formula is C17H18ClFN2O3. The summed E-state index contributed by atoms with van der Waals surface area (Å²) in [6, 6.07) is 5.71. The first kappa shape index (κ1) is 18.2. The van der Waals surface area contributed by atoms with Crippen molar-refractivity contribution < 1.29 is 18.7 Å². The van der Waals surface area contributed by atoms with Gasteiger partial charge < -0.3 is 10.1 Å². The molecule has 1 N–H and O–H groups in total. The molecule has 0 aromatic heterocycles. The smallest absolute Gasteiger partial charge is 0.341 e. The van der Waals surface area contributed by atoms with Gasteiger partial charge in [0.2, 0.25) is 0 Å². The highest BCUT2D eigenvalue weighted by Gasteiger charge is 2.35. The van der Waals surface area contributed by atoms with Crippen LogP contribution in [0.25, 0.3) is 0 Å². The SMILES string of the molecule is C[C@H](OC(=O)c1ccc(Cl)cc1F)C(=O)NC1(C#N)CCCCC1. The molecule has 1 aliphatic rings. The van der Waals surface area contributed by atoms with E-state index < -0.39 is 29.3 Å². The van der Waals surface area contributed by atoms with Crippen LogP contribution < -0.4 is 5.32 Å². The highest BCUT2D eigenvalue weighted by molar-refractivity contribution is 6.30. The molecule has 0 spiro atoms. The van der Waals surface area contributed by atoms with Gasteiger partial charge in [0, 0.05) is 5.02 Å². The lowest BCUT2D eigenvalue weighted by atomic mass is 9.83. The van der Waals surface area contributed by atoms with E-state index in [1.165, 1.54) is 19.1 Å². The van der Waals surface area contributed by atoms with E-state index in [0.717, 1.165) is 25.3 Å². The Kier molecular flexibility index (Phi) is 5.79. The number of carbonyl (C=O) groups is 2. The van der Waals surface area contributed by atoms with Gasteiger partial charge in [0.25, 0.3) is 5.91 Å². The molecule has 1 amide bonds. The van der Waals surface area contributed by atoms with E-state index in [1.54, 1.807) is 0 Å². The zero-order valence-electron chi connectivity index (χ0n) is 13.3. The zero-order chi connectivity index (χ0) is 17.7. The van der Waals surface area contributed by atoms with Gasteiger partial charge in [0.1, 0.15) is 11.4 Å². The lowest BCUT2D eigenvalue weighted by Crippen LogP contribution is -2.52. The fourth-order valence-corrected chi connectivity index (χ4v) is 2.85. The van der Waals surface area contributed by atoms with Crippen LogP contribution >= 0.6 is 11.6 Å². The lowest BCUT2D eigenvalue weighted by molar-refractivity contribution is -0.130. The second kappa shape index (κ2) is 7.63. The van der Waals surface area contributed by atoms with Crippen LogP contribution in [0.1, 0.15) is 49.4 Å². The molecule has 1 aliphatic carbocycles. The summed E-state index contributed by atoms with van der Waals surface area (Å²) in [6.07, 6.45) is 2.75. The number of esters is 1. The van der Waals surface area contributed by atoms with E-state index in [0.29, 0.717) is 12.8 Å². The summed E-state index contributed by atoms with van der Waals surface area (Å²) >= 11 is 5.63. The number of nitrogens with zero attached hydrogens (tertiary/aromatic N) is 1. The number of rotatable bonds is 4. The number of hydrogen-bond donors (Lipinski definition) is 1. The van der Waals surface area contributed by atoms with Crippen molar-refractivity contribution in [3.8, 4) is 6.07 Å². The van der Waals surface area contributed by atoms with Gasteiger partial charge in [-0.15, -0.1) is 0 Å². The predicted octanol–water partition coefficient (Wildman–Crippen LogP) is 3.37. The van der Waals surface area contributed by atoms with E-state index >= 15 is 0 Å². The van der Waals surface area contributed by atoms with Crippen LogP contribution in [0, 0.1) is 17.1 Å². The maximum absolute atomic E-state index is 13.7. The molecule has 0 unspecified atom stereocenters. The number of nitrogens with one attached hydrogen (secondary N) is 1. The zero-order valence-corrected chi connectivity index (χ0v) is 14.0. The van der Waals surface area contributed by atoms with Crippen molar-refractivity contribution in [2.45, 2.75) is 50.7 Å². The topological polar surface area (TPSA) is 79.2 Å². The summed E-state index contributed by atoms with van der Waals surface area (Å²) in [5.41, 5.74) is -1.21. The fourth-order valence-electron chi connectivity index (χ4n) is 2.69. The van der Waals surface area contributed by atoms with Gasteiger partial charge in [-0.1, -0.05) is 30.9 Å². The average Bonchev–Trinajstić information content (AvgIpc) is 2.55. The summed E-state index contributed by atoms with van der Waals surface area (Å²) < 4.78 is 18.7. The Bertz CT molecular complexity index is 681. The summed E-state index contributed by atoms with van der Waals surface area (Å²) in [5, 5.41) is 12.2. The van der Waals surface area contributed by atoms with E-state index in [4.69, 9.17) is 16.3 Å². The molecule has 1 aromatic carbocycles. The molecule has 0 saturated heterocycles. The number of nitriles is 1. The summed E-state index contributed by atoms with van der Waals surface area (Å²) in [7, 11) is 0. The van der Waals surface area contributed by atoms with Crippen molar-refractivity contribution in [3.05, 3.63) is 34.6 Å². The van der Waals surface area contributed by atoms with Gasteiger partial charge in [0.15, 0.2) is 6.10 Å². The summed E-state index contributed by atoms with van der Waals surface area (Å²) in [5.74, 6) is -2.34. The fraction of sp³-hybridized carbons (Fsp3) is 0.471. The molecule has 1 fully saturated rings. The van der Waals surface area contributed by atoms with Gasteiger partial charge in [0.05, 0.1) is 11.6 Å². The molecule has 1 saturated carbocycles. The molecule has 0 heterocycles. The van der Waals surface area contributed by atoms with Crippen molar-refractivity contribution >= 4 is 23.5 Å². The van der Waals surface area contributed by atoms with Gasteiger partial charge in [-0.25, -0.2) is 9.18 Å². The monoisotopic (exact) mass is 352 g/mol. The predicted molar refractivity (Wildman–Crippen MR) is 85.9 cm³/mol. The summed E-state index contributed by atoms with van der Waals surface area (Å²) in [4.78, 5) is 24.2. The van der Waals surface area contributed by atoms with Crippen LogP contribution in [0.2, 0.25) is 5.02 Å². The number of halogens is 2. The minimum atomic E-state index is -1.14. The van der Waals surface area contributed by atoms with E-state index in [1.807, 2.05) is 0 Å². The Morgan fingerprint density at radius 3 is 2.62 bits per heavy atom. The van der Waals surface area contributed by atoms with E-state index in [9.17, 15) is 19.2 Å². The van der Waals surface area contributed by atoms with Crippen LogP contribution in [0.15, 0.2) is 18.2 Å². The van der Waals surface area contributed by atoms with E-state index in [2.05, 4.69) is 11.4 Å². The molecule has 0 aliphatic heterocycles. The Morgan fingerprint density at radius 1 is 1.38 bits per heavy atom. The third-order valence-electron chi connectivity index (χ3n) is 4.09. The third kappa shape index (κ3) is 4.24. The molecule has 24 heavy (non-hydrogen) atoms. The van der Waals surface area contributed by atoms with E-state index in [-0.39, 0.29) is 10.6 Å². The van der Waals surface area contributed by atoms with Gasteiger partial charge in [-0.3, -0.25) is 4.79 Å². The van der Waals surface area contributed by atoms with Crippen molar-refractivity contribution in [3.63, 3.8) is 0 Å². The summed E-state index contributed by atoms with van der Waals surface area (Å²) in [6.45, 7) is 1.38. The lowest BCUT2D eigenvalue weighted by Gasteiger charge is -2.32. The normalized spacial score (nSPS) is 17.4. The maximum Gasteiger partial charge on any atom is 0.341 e. The molecule has 2 rings (SSSR count). The minimum absolute atomic E-state index is 0.156. The Hall–Kier alpha value is -2.13. The standard InChI is InChI=1S/C17H18ClFN2O3/c1-11(15(22)21-17(10-20)7-3-2-4-8-17)24-16(23)13-6-5-12(18)9-14(13)19/h5-6,9,11H,2-4,7-8H2,1H3,(H,21,22)/t11-/m0/s1. The molecule has 128 valence electrons. The molecule has 1 atom stereocenters. The Labute approximate surface area is 144 Å². The Balaban J connectivity index is 2.00. The van der Waals surface area contributed by atoms with Crippen LogP contribution in [0.3, 0.4) is 0 Å². The van der Waals surface area contributed by atoms with Crippen molar-refractivity contribution in [2.24, 2.45) is 0 Å². The van der Waals surface area contributed by atoms with Crippen molar-refractivity contribution in [1.29, 1.82) is 5.26 Å². The third-order valence-corrected chi connectivity index (χ3v) is 4.32. The van der Waals surface area contributed by atoms with Crippen LogP contribution in [-0.4, -0.2) is 23.5 Å². The second-order valence-electron chi connectivity index (χ2n) is 5.92. The van der Waals surface area contributed by atoms with Crippen molar-refractivity contribution in [2.75, 3.05) is 0 Å². The molecular weight excluding hydrogens is 335 g/mol. The van der Waals surface area contributed by atoms with Crippen molar-refractivity contribution in [1.82, 2.24) is 5.32 Å². The largest absolute Gasteiger partial charge is 0.449 e. The highest BCUT2D eigenvalue weighted by Crippen LogP contribution is 2.27. The van der Waals surface area contributed by atoms with Crippen LogP contribution in [0.4, 0.5) is 4.39 Å². The number of benzene rings is 1.